The number of hydrogen-bond acceptors (Lipinski definition) is 13. The Hall–Kier alpha value is -8.48. The normalized spacial score (nSPS) is 10.6. The molecule has 0 aliphatic rings. The summed E-state index contributed by atoms with van der Waals surface area (Å²) in [5.74, 6) is -7.96. The van der Waals surface area contributed by atoms with Crippen LogP contribution in [-0.2, 0) is 92.8 Å². The summed E-state index contributed by atoms with van der Waals surface area (Å²) in [4.78, 5) is 21.2. The zero-order valence-electron chi connectivity index (χ0n) is 63.3. The fourth-order valence-corrected chi connectivity index (χ4v) is 10.7. The molecule has 13 nitrogen and oxygen atoms in total. The van der Waals surface area contributed by atoms with Crippen molar-refractivity contribution < 1.29 is 154 Å². The number of methoxy groups -OCH3 is 3. The number of rotatable bonds is 13. The van der Waals surface area contributed by atoms with Gasteiger partial charge in [0.05, 0.1) is 26.9 Å². The van der Waals surface area contributed by atoms with Crippen molar-refractivity contribution in [3.8, 4) is 46.0 Å². The first kappa shape index (κ1) is 96.5. The average Bonchev–Trinajstić information content (AvgIpc) is 0.793. The fourth-order valence-electron chi connectivity index (χ4n) is 10.7. The number of ether oxygens (including phenoxy) is 3. The standard InChI is InChI=1S/C18H21NO4.C18H21NO.C17H19NO.C16H17NO.C15H10F5NO.5V/c1-11-6-12(2)17(20)14(7-11)19-10-13-8-15(21-3)18(23-5)16(9-13)22-4;1-11-6-13(3)16(14(4)7-11)10-19-17-9-12(2)8-15(5)18(17)20;1-11-5-6-13(3)15(8-11)10-18-16-9-12(2)7-14(4)17(16)19;1-11-4-6-14(7-5-11)10-17-15-9-12(2)8-13(3)16(15)18;1-6-3-7(2)15(22)9(4-6)21-5-8-10(16)12(18)14(20)13(19)11(8)17;;;;;/h6-10,20H,1-5H3;6-10,20H,1-5H3;5-10,19H,1-4H3;4-10,18H,1-3H3;3-5,22H,1-2H3;;;;;. The van der Waals surface area contributed by atoms with Crippen molar-refractivity contribution in [3.63, 3.8) is 0 Å². The molecular weight excluding hydrogens is 1560 g/mol. The molecule has 0 aliphatic heterocycles. The number of halogens is 5. The number of hydrogen-bond donors (Lipinski definition) is 5. The smallest absolute Gasteiger partial charge is 0.203 e. The van der Waals surface area contributed by atoms with Crippen molar-refractivity contribution in [3.05, 3.63) is 273 Å². The molecule has 23 heteroatoms. The van der Waals surface area contributed by atoms with Crippen LogP contribution < -0.4 is 14.2 Å². The molecule has 10 rings (SSSR count). The van der Waals surface area contributed by atoms with E-state index in [1.165, 1.54) is 39.4 Å². The molecule has 557 valence electrons. The summed E-state index contributed by atoms with van der Waals surface area (Å²) < 4.78 is 82.0. The van der Waals surface area contributed by atoms with Gasteiger partial charge in [0.2, 0.25) is 11.6 Å². The number of aromatic hydroxyl groups is 5. The van der Waals surface area contributed by atoms with E-state index in [0.29, 0.717) is 57.3 Å². The second-order valence-corrected chi connectivity index (χ2v) is 25.1. The summed E-state index contributed by atoms with van der Waals surface area (Å²) in [6.07, 6.45) is 7.57. The second kappa shape index (κ2) is 44.7. The molecule has 0 aliphatic carbocycles. The number of benzene rings is 10. The summed E-state index contributed by atoms with van der Waals surface area (Å²) in [5, 5.41) is 49.9. The van der Waals surface area contributed by atoms with Crippen LogP contribution in [0.1, 0.15) is 117 Å². The molecule has 5 N–H and O–H groups in total. The van der Waals surface area contributed by atoms with Gasteiger partial charge >= 0.3 is 0 Å². The third-order valence-corrected chi connectivity index (χ3v) is 16.0. The summed E-state index contributed by atoms with van der Waals surface area (Å²) >= 11 is 0. The maximum atomic E-state index is 13.5. The average molecular weight is 1650 g/mol. The van der Waals surface area contributed by atoms with E-state index in [4.69, 9.17) is 14.2 Å². The predicted molar refractivity (Wildman–Crippen MR) is 404 cm³/mol. The third kappa shape index (κ3) is 27.0. The Morgan fingerprint density at radius 2 is 0.542 bits per heavy atom. The molecule has 0 amide bonds. The third-order valence-electron chi connectivity index (χ3n) is 16.0. The van der Waals surface area contributed by atoms with Crippen LogP contribution in [0.5, 0.6) is 46.0 Å². The zero-order chi connectivity index (χ0) is 75.6. The van der Waals surface area contributed by atoms with Crippen molar-refractivity contribution in [2.45, 2.75) is 111 Å². The molecule has 0 fully saturated rings. The second-order valence-electron chi connectivity index (χ2n) is 25.1. The van der Waals surface area contributed by atoms with Crippen LogP contribution in [0.3, 0.4) is 0 Å². The molecular formula is C84H88F5N5O8V5. The molecule has 0 unspecified atom stereocenters. The minimum Gasteiger partial charge on any atom is -0.505 e. The van der Waals surface area contributed by atoms with Gasteiger partial charge in [-0.25, -0.2) is 22.0 Å². The van der Waals surface area contributed by atoms with Gasteiger partial charge in [-0.05, 0) is 242 Å². The van der Waals surface area contributed by atoms with E-state index >= 15 is 0 Å². The fraction of sp³-hybridized carbons (Fsp3) is 0.226. The van der Waals surface area contributed by atoms with Crippen LogP contribution in [-0.4, -0.2) is 77.9 Å². The van der Waals surface area contributed by atoms with Crippen LogP contribution in [0, 0.1) is 140 Å². The van der Waals surface area contributed by atoms with Gasteiger partial charge < -0.3 is 39.7 Å². The van der Waals surface area contributed by atoms with Crippen LogP contribution in [0.4, 0.5) is 50.4 Å². The molecule has 0 saturated carbocycles. The molecule has 0 bridgehead atoms. The maximum Gasteiger partial charge on any atom is 0.203 e. The van der Waals surface area contributed by atoms with Gasteiger partial charge in [-0.15, -0.1) is 0 Å². The number of phenols is 5. The molecule has 10 aromatic carbocycles. The van der Waals surface area contributed by atoms with E-state index in [1.807, 2.05) is 141 Å². The first-order valence-corrected chi connectivity index (χ1v) is 32.4. The van der Waals surface area contributed by atoms with Crippen molar-refractivity contribution >= 4 is 59.5 Å². The van der Waals surface area contributed by atoms with E-state index in [1.54, 1.807) is 65.8 Å². The number of aryl methyl sites for hydroxylation is 16. The van der Waals surface area contributed by atoms with Crippen LogP contribution in [0.15, 0.2) is 152 Å². The summed E-state index contributed by atoms with van der Waals surface area (Å²) in [5.41, 5.74) is 21.3. The molecule has 0 aromatic heterocycles. The minimum absolute atomic E-state index is 0. The maximum absolute atomic E-state index is 13.5. The summed E-state index contributed by atoms with van der Waals surface area (Å²) in [6.45, 7) is 31.2. The molecule has 0 atom stereocenters. The molecule has 107 heavy (non-hydrogen) atoms. The Morgan fingerprint density at radius 1 is 0.262 bits per heavy atom. The Morgan fingerprint density at radius 3 is 0.879 bits per heavy atom. The minimum atomic E-state index is -2.23. The van der Waals surface area contributed by atoms with E-state index in [2.05, 4.69) is 96.8 Å². The number of aliphatic imine (C=N–C) groups is 5. The van der Waals surface area contributed by atoms with Gasteiger partial charge in [-0.1, -0.05) is 102 Å². The van der Waals surface area contributed by atoms with Crippen molar-refractivity contribution in [1.29, 1.82) is 0 Å². The predicted octanol–water partition coefficient (Wildman–Crippen LogP) is 21.4. The Labute approximate surface area is 684 Å². The first-order chi connectivity index (χ1) is 48.1. The van der Waals surface area contributed by atoms with Crippen molar-refractivity contribution in [2.75, 3.05) is 21.3 Å². The summed E-state index contributed by atoms with van der Waals surface area (Å²) in [6, 6.07) is 40.6. The van der Waals surface area contributed by atoms with Gasteiger partial charge in [-0.2, -0.15) is 0 Å². The Balaban J connectivity index is 0.000000663. The van der Waals surface area contributed by atoms with Gasteiger partial charge in [-0.3, -0.25) is 25.0 Å². The SMILES string of the molecule is COc1cc(C=Nc2cc(C)cc(C)c2O)cc(OC)c1OC.Cc1cc(C)c(C=Nc2cc(C)cc(C)c2O)c(C)c1.Cc1cc(C)c(O)c(N=Cc2c(F)c(F)c(F)c(F)c2F)c1.Cc1ccc(C)c(C=Nc2cc(C)cc(C)c2O)c1.Cc1ccc(C=Nc2cc(C)cc(C)c2O)cc1.[V].[V].[V].[V].[V]. The van der Waals surface area contributed by atoms with Crippen LogP contribution in [0.2, 0.25) is 0 Å². The van der Waals surface area contributed by atoms with Crippen LogP contribution >= 0.6 is 0 Å². The molecule has 10 aromatic rings. The van der Waals surface area contributed by atoms with Crippen molar-refractivity contribution in [2.24, 2.45) is 25.0 Å². The van der Waals surface area contributed by atoms with E-state index in [9.17, 15) is 47.5 Å². The molecule has 0 spiro atoms. The molecule has 0 heterocycles. The number of phenolic OH excluding ortho intramolecular Hbond substituents is 5. The Bertz CT molecular complexity index is 4800. The molecule has 5 radical (unpaired) electrons. The van der Waals surface area contributed by atoms with Gasteiger partial charge in [0, 0.05) is 129 Å². The molecule has 0 saturated heterocycles. The topological polar surface area (TPSA) is 191 Å². The number of nitrogens with zero attached hydrogens (tertiary/aromatic N) is 5. The first-order valence-electron chi connectivity index (χ1n) is 32.4. The van der Waals surface area contributed by atoms with Crippen molar-refractivity contribution in [1.82, 2.24) is 0 Å². The van der Waals surface area contributed by atoms with Gasteiger partial charge in [0.25, 0.3) is 0 Å². The van der Waals surface area contributed by atoms with Crippen LogP contribution in [0.25, 0.3) is 0 Å². The Kier molecular flexibility index (Phi) is 40.4. The van der Waals surface area contributed by atoms with E-state index in [-0.39, 0.29) is 127 Å². The largest absolute Gasteiger partial charge is 0.505 e. The zero-order valence-corrected chi connectivity index (χ0v) is 70.3. The van der Waals surface area contributed by atoms with E-state index < -0.39 is 34.6 Å². The quantitative estimate of drug-likeness (QED) is 0.0326. The van der Waals surface area contributed by atoms with Gasteiger partial charge in [0.1, 0.15) is 57.2 Å². The van der Waals surface area contributed by atoms with E-state index in [0.717, 1.165) is 66.8 Å². The van der Waals surface area contributed by atoms with Gasteiger partial charge in [0.15, 0.2) is 34.8 Å². The monoisotopic (exact) mass is 1640 g/mol. The summed E-state index contributed by atoms with van der Waals surface area (Å²) in [7, 11) is 4.68.